The van der Waals surface area contributed by atoms with Gasteiger partial charge in [0, 0.05) is 4.47 Å². The van der Waals surface area contributed by atoms with Crippen LogP contribution in [-0.4, -0.2) is 23.4 Å². The van der Waals surface area contributed by atoms with Gasteiger partial charge in [-0.15, -0.1) is 0 Å². The molecule has 104 valence electrons. The first-order chi connectivity index (χ1) is 8.64. The Morgan fingerprint density at radius 3 is 2.68 bits per heavy atom. The quantitative estimate of drug-likeness (QED) is 0.853. The van der Waals surface area contributed by atoms with Crippen molar-refractivity contribution in [3.8, 4) is 5.75 Å². The van der Waals surface area contributed by atoms with Gasteiger partial charge in [0.2, 0.25) is 6.10 Å². The van der Waals surface area contributed by atoms with E-state index in [4.69, 9.17) is 9.84 Å². The fourth-order valence-corrected chi connectivity index (χ4v) is 2.57. The van der Waals surface area contributed by atoms with E-state index in [1.165, 1.54) is 6.07 Å². The molecule has 0 spiro atoms. The highest BCUT2D eigenvalue weighted by atomic mass is 79.9. The summed E-state index contributed by atoms with van der Waals surface area (Å²) < 4.78 is 44.5. The molecule has 0 saturated heterocycles. The molecule has 0 fully saturated rings. The molecular weight excluding hydrogens is 329 g/mol. The Kier molecular flexibility index (Phi) is 3.28. The number of rotatable bonds is 1. The number of ether oxygens (including phenoxy) is 1. The maximum absolute atomic E-state index is 13.0. The lowest BCUT2D eigenvalue weighted by atomic mass is 9.76. The van der Waals surface area contributed by atoms with Crippen LogP contribution < -0.4 is 4.74 Å². The number of carboxylic acids is 1. The minimum atomic E-state index is -4.74. The Morgan fingerprint density at radius 2 is 2.16 bits per heavy atom. The van der Waals surface area contributed by atoms with Crippen LogP contribution in [0.15, 0.2) is 22.7 Å². The fraction of sp³-hybridized carbons (Fsp3) is 0.417. The topological polar surface area (TPSA) is 46.5 Å². The van der Waals surface area contributed by atoms with Crippen molar-refractivity contribution < 1.29 is 27.8 Å². The summed E-state index contributed by atoms with van der Waals surface area (Å²) in [6.45, 7) is 1.05. The van der Waals surface area contributed by atoms with Gasteiger partial charge in [-0.25, -0.2) is 0 Å². The zero-order valence-electron chi connectivity index (χ0n) is 9.79. The third-order valence-electron chi connectivity index (χ3n) is 3.19. The lowest BCUT2D eigenvalue weighted by Gasteiger charge is -2.39. The summed E-state index contributed by atoms with van der Waals surface area (Å²) in [5.74, 6) is -1.45. The van der Waals surface area contributed by atoms with Crippen molar-refractivity contribution in [2.75, 3.05) is 0 Å². The van der Waals surface area contributed by atoms with E-state index in [0.717, 1.165) is 6.92 Å². The lowest BCUT2D eigenvalue weighted by Crippen LogP contribution is -2.55. The smallest absolute Gasteiger partial charge is 0.426 e. The zero-order chi connectivity index (χ0) is 14.4. The van der Waals surface area contributed by atoms with E-state index in [-0.39, 0.29) is 12.2 Å². The van der Waals surface area contributed by atoms with Crippen molar-refractivity contribution in [2.45, 2.75) is 25.6 Å². The van der Waals surface area contributed by atoms with Gasteiger partial charge in [0.15, 0.2) is 0 Å². The summed E-state index contributed by atoms with van der Waals surface area (Å²) in [6, 6.07) is 4.53. The number of aliphatic carboxylic acids is 1. The van der Waals surface area contributed by atoms with Gasteiger partial charge in [0.05, 0.1) is 0 Å². The van der Waals surface area contributed by atoms with E-state index in [1.807, 2.05) is 0 Å². The molecule has 7 heteroatoms. The molecule has 0 saturated carbocycles. The first-order valence-corrected chi connectivity index (χ1v) is 6.19. The Morgan fingerprint density at radius 1 is 1.53 bits per heavy atom. The average Bonchev–Trinajstić information content (AvgIpc) is 2.26. The van der Waals surface area contributed by atoms with Gasteiger partial charge in [-0.2, -0.15) is 13.2 Å². The number of hydrogen-bond donors (Lipinski definition) is 1. The fourth-order valence-electron chi connectivity index (χ4n) is 2.16. The Balaban J connectivity index is 2.52. The number of carbonyl (C=O) groups is 1. The Labute approximate surface area is 115 Å². The van der Waals surface area contributed by atoms with Crippen LogP contribution in [0.2, 0.25) is 0 Å². The van der Waals surface area contributed by atoms with Gasteiger partial charge in [0.25, 0.3) is 0 Å². The maximum Gasteiger partial charge on any atom is 0.426 e. The van der Waals surface area contributed by atoms with Crippen LogP contribution in [0.25, 0.3) is 0 Å². The van der Waals surface area contributed by atoms with Crippen LogP contribution in [-0.2, 0) is 11.2 Å². The molecular formula is C12H10BrF3O3. The first-order valence-electron chi connectivity index (χ1n) is 5.40. The van der Waals surface area contributed by atoms with Crippen LogP contribution in [0, 0.1) is 5.41 Å². The molecule has 0 radical (unpaired) electrons. The second kappa shape index (κ2) is 4.40. The van der Waals surface area contributed by atoms with Crippen LogP contribution in [0.1, 0.15) is 12.5 Å². The van der Waals surface area contributed by atoms with Crippen LogP contribution in [0.4, 0.5) is 13.2 Å². The predicted octanol–water partition coefficient (Wildman–Crippen LogP) is 3.41. The van der Waals surface area contributed by atoms with Gasteiger partial charge in [-0.1, -0.05) is 15.9 Å². The standard InChI is InChI=1S/C12H10BrF3O3/c1-11(10(17)18)5-6-4-7(13)2-3-8(6)19-9(11)12(14,15)16/h2-4,9H,5H2,1H3,(H,17,18). The third kappa shape index (κ3) is 2.43. The van der Waals surface area contributed by atoms with Crippen LogP contribution in [0.3, 0.4) is 0 Å². The highest BCUT2D eigenvalue weighted by Crippen LogP contribution is 2.45. The summed E-state index contributed by atoms with van der Waals surface area (Å²) in [5, 5.41) is 9.13. The zero-order valence-corrected chi connectivity index (χ0v) is 11.4. The molecule has 2 unspecified atom stereocenters. The van der Waals surface area contributed by atoms with Crippen molar-refractivity contribution in [1.82, 2.24) is 0 Å². The molecule has 2 rings (SSSR count). The highest BCUT2D eigenvalue weighted by molar-refractivity contribution is 9.10. The number of benzene rings is 1. The van der Waals surface area contributed by atoms with Gasteiger partial charge >= 0.3 is 12.1 Å². The van der Waals surface area contributed by atoms with E-state index in [0.29, 0.717) is 10.0 Å². The van der Waals surface area contributed by atoms with E-state index in [2.05, 4.69) is 15.9 Å². The molecule has 2 atom stereocenters. The molecule has 1 aliphatic heterocycles. The molecule has 19 heavy (non-hydrogen) atoms. The molecule has 0 amide bonds. The van der Waals surface area contributed by atoms with Crippen LogP contribution >= 0.6 is 15.9 Å². The first kappa shape index (κ1) is 14.2. The molecule has 0 aliphatic carbocycles. The predicted molar refractivity (Wildman–Crippen MR) is 64.1 cm³/mol. The number of fused-ring (bicyclic) bond motifs is 1. The molecule has 0 aromatic heterocycles. The van der Waals surface area contributed by atoms with Crippen molar-refractivity contribution in [2.24, 2.45) is 5.41 Å². The van der Waals surface area contributed by atoms with E-state index in [9.17, 15) is 18.0 Å². The largest absolute Gasteiger partial charge is 0.481 e. The normalized spacial score (nSPS) is 26.5. The number of halogens is 4. The molecule has 1 N–H and O–H groups in total. The van der Waals surface area contributed by atoms with E-state index in [1.54, 1.807) is 12.1 Å². The molecule has 0 bridgehead atoms. The number of alkyl halides is 3. The Hall–Kier alpha value is -1.24. The second-order valence-corrected chi connectivity index (χ2v) is 5.61. The summed E-state index contributed by atoms with van der Waals surface area (Å²) >= 11 is 3.19. The van der Waals surface area contributed by atoms with Crippen molar-refractivity contribution >= 4 is 21.9 Å². The van der Waals surface area contributed by atoms with E-state index >= 15 is 0 Å². The highest BCUT2D eigenvalue weighted by Gasteiger charge is 2.59. The van der Waals surface area contributed by atoms with Gasteiger partial charge in [-0.3, -0.25) is 4.79 Å². The monoisotopic (exact) mass is 338 g/mol. The summed E-state index contributed by atoms with van der Waals surface area (Å²) in [5.41, 5.74) is -1.59. The van der Waals surface area contributed by atoms with Crippen molar-refractivity contribution in [3.63, 3.8) is 0 Å². The number of carboxylic acid groups (broad SMARTS) is 1. The summed E-state index contributed by atoms with van der Waals surface area (Å²) in [6.07, 6.45) is -7.33. The third-order valence-corrected chi connectivity index (χ3v) is 3.68. The molecule has 1 heterocycles. The summed E-state index contributed by atoms with van der Waals surface area (Å²) in [7, 11) is 0. The SMILES string of the molecule is CC1(C(=O)O)Cc2cc(Br)ccc2OC1C(F)(F)F. The van der Waals surface area contributed by atoms with Gasteiger partial charge in [-0.05, 0) is 37.1 Å². The molecule has 1 aliphatic rings. The van der Waals surface area contributed by atoms with Crippen molar-refractivity contribution in [3.05, 3.63) is 28.2 Å². The second-order valence-electron chi connectivity index (χ2n) is 4.69. The molecule has 3 nitrogen and oxygen atoms in total. The Bertz CT molecular complexity index is 529. The van der Waals surface area contributed by atoms with Gasteiger partial charge < -0.3 is 9.84 Å². The maximum atomic E-state index is 13.0. The summed E-state index contributed by atoms with van der Waals surface area (Å²) in [4.78, 5) is 11.2. The van der Waals surface area contributed by atoms with Crippen molar-refractivity contribution in [1.29, 1.82) is 0 Å². The molecule has 1 aromatic carbocycles. The minimum absolute atomic E-state index is 0.0734. The van der Waals surface area contributed by atoms with Gasteiger partial charge in [0.1, 0.15) is 11.2 Å². The number of hydrogen-bond acceptors (Lipinski definition) is 2. The van der Waals surface area contributed by atoms with Crippen LogP contribution in [0.5, 0.6) is 5.75 Å². The average molecular weight is 339 g/mol. The molecule has 1 aromatic rings. The van der Waals surface area contributed by atoms with E-state index < -0.39 is 23.7 Å². The minimum Gasteiger partial charge on any atom is -0.481 e. The lowest BCUT2D eigenvalue weighted by molar-refractivity contribution is -0.234.